The molecule has 0 fully saturated rings. The molecule has 0 aliphatic heterocycles. The Kier molecular flexibility index (Phi) is 6.05. The van der Waals surface area contributed by atoms with Gasteiger partial charge >= 0.3 is 0 Å². The molecular weight excluding hydrogens is 230 g/mol. The lowest BCUT2D eigenvalue weighted by atomic mass is 10.3. The van der Waals surface area contributed by atoms with Crippen LogP contribution in [0.5, 0.6) is 11.5 Å². The van der Waals surface area contributed by atoms with Crippen LogP contribution in [-0.2, 0) is 4.79 Å². The van der Waals surface area contributed by atoms with Crippen molar-refractivity contribution in [2.75, 3.05) is 13.7 Å². The average molecular weight is 251 g/mol. The van der Waals surface area contributed by atoms with Crippen molar-refractivity contribution in [3.05, 3.63) is 24.3 Å². The molecule has 1 aromatic carbocycles. The van der Waals surface area contributed by atoms with E-state index in [2.05, 4.69) is 12.2 Å². The first-order valence-electron chi connectivity index (χ1n) is 6.26. The summed E-state index contributed by atoms with van der Waals surface area (Å²) in [6, 6.07) is 7.29. The summed E-state index contributed by atoms with van der Waals surface area (Å²) in [6.45, 7) is 4.50. The van der Waals surface area contributed by atoms with Crippen molar-refractivity contribution in [1.29, 1.82) is 0 Å². The fourth-order valence-corrected chi connectivity index (χ4v) is 1.49. The molecule has 1 atom stereocenters. The minimum absolute atomic E-state index is 0.102. The normalized spacial score (nSPS) is 11.7. The van der Waals surface area contributed by atoms with Gasteiger partial charge in [0.2, 0.25) is 0 Å². The quantitative estimate of drug-likeness (QED) is 0.757. The summed E-state index contributed by atoms with van der Waals surface area (Å²) in [5.41, 5.74) is 0. The third kappa shape index (κ3) is 4.28. The Morgan fingerprint density at radius 2 is 2.00 bits per heavy atom. The summed E-state index contributed by atoms with van der Waals surface area (Å²) in [4.78, 5) is 11.7. The van der Waals surface area contributed by atoms with Crippen molar-refractivity contribution in [2.45, 2.75) is 32.8 Å². The molecule has 1 aromatic rings. The molecule has 0 aliphatic carbocycles. The monoisotopic (exact) mass is 251 g/mol. The zero-order valence-corrected chi connectivity index (χ0v) is 11.2. The number of carbonyl (C=O) groups is 1. The number of benzene rings is 1. The Hall–Kier alpha value is -1.71. The predicted molar refractivity (Wildman–Crippen MR) is 71.0 cm³/mol. The highest BCUT2D eigenvalue weighted by atomic mass is 16.5. The van der Waals surface area contributed by atoms with Gasteiger partial charge < -0.3 is 14.8 Å². The summed E-state index contributed by atoms with van der Waals surface area (Å²) >= 11 is 0. The number of amides is 1. The first kappa shape index (κ1) is 14.4. The summed E-state index contributed by atoms with van der Waals surface area (Å²) in [7, 11) is 1.58. The summed E-state index contributed by atoms with van der Waals surface area (Å²) < 4.78 is 10.8. The second kappa shape index (κ2) is 7.58. The highest BCUT2D eigenvalue weighted by Crippen LogP contribution is 2.26. The van der Waals surface area contributed by atoms with Crippen LogP contribution >= 0.6 is 0 Å². The third-order valence-electron chi connectivity index (χ3n) is 2.57. The molecule has 0 spiro atoms. The topological polar surface area (TPSA) is 47.6 Å². The van der Waals surface area contributed by atoms with Gasteiger partial charge in [-0.1, -0.05) is 25.5 Å². The largest absolute Gasteiger partial charge is 0.493 e. The molecule has 0 radical (unpaired) electrons. The van der Waals surface area contributed by atoms with Crippen molar-refractivity contribution >= 4 is 5.91 Å². The SMILES string of the molecule is CCCCNC(=O)[C@H](C)Oc1ccccc1OC. The second-order valence-electron chi connectivity index (χ2n) is 4.06. The van der Waals surface area contributed by atoms with Crippen LogP contribution in [-0.4, -0.2) is 25.7 Å². The molecular formula is C14H21NO3. The highest BCUT2D eigenvalue weighted by Gasteiger charge is 2.15. The maximum atomic E-state index is 11.7. The van der Waals surface area contributed by atoms with E-state index in [1.165, 1.54) is 0 Å². The smallest absolute Gasteiger partial charge is 0.260 e. The Bertz CT molecular complexity index is 379. The number of unbranched alkanes of at least 4 members (excludes halogenated alkanes) is 1. The van der Waals surface area contributed by atoms with E-state index in [9.17, 15) is 4.79 Å². The van der Waals surface area contributed by atoms with Crippen LogP contribution in [0.15, 0.2) is 24.3 Å². The van der Waals surface area contributed by atoms with Crippen LogP contribution in [0, 0.1) is 0 Å². The number of hydrogen-bond acceptors (Lipinski definition) is 3. The first-order chi connectivity index (χ1) is 8.69. The van der Waals surface area contributed by atoms with Gasteiger partial charge in [0.05, 0.1) is 7.11 Å². The third-order valence-corrected chi connectivity index (χ3v) is 2.57. The minimum Gasteiger partial charge on any atom is -0.493 e. The van der Waals surface area contributed by atoms with E-state index in [0.717, 1.165) is 12.8 Å². The number of ether oxygens (including phenoxy) is 2. The Balaban J connectivity index is 2.52. The van der Waals surface area contributed by atoms with Crippen LogP contribution in [0.25, 0.3) is 0 Å². The van der Waals surface area contributed by atoms with Gasteiger partial charge in [0.15, 0.2) is 17.6 Å². The molecule has 4 nitrogen and oxygen atoms in total. The van der Waals surface area contributed by atoms with E-state index in [0.29, 0.717) is 18.0 Å². The molecule has 0 heterocycles. The van der Waals surface area contributed by atoms with Gasteiger partial charge in [-0.05, 0) is 25.5 Å². The van der Waals surface area contributed by atoms with Crippen molar-refractivity contribution in [1.82, 2.24) is 5.32 Å². The van der Waals surface area contributed by atoms with Crippen LogP contribution < -0.4 is 14.8 Å². The lowest BCUT2D eigenvalue weighted by Gasteiger charge is -2.16. The van der Waals surface area contributed by atoms with Crippen molar-refractivity contribution < 1.29 is 14.3 Å². The van der Waals surface area contributed by atoms with E-state index >= 15 is 0 Å². The van der Waals surface area contributed by atoms with E-state index in [1.54, 1.807) is 26.2 Å². The number of para-hydroxylation sites is 2. The van der Waals surface area contributed by atoms with Crippen LogP contribution in [0.1, 0.15) is 26.7 Å². The molecule has 0 bridgehead atoms. The van der Waals surface area contributed by atoms with Gasteiger partial charge in [-0.25, -0.2) is 0 Å². The van der Waals surface area contributed by atoms with E-state index in [1.807, 2.05) is 12.1 Å². The van der Waals surface area contributed by atoms with Crippen LogP contribution in [0.2, 0.25) is 0 Å². The Labute approximate surface area is 108 Å². The van der Waals surface area contributed by atoms with Gasteiger partial charge in [-0.2, -0.15) is 0 Å². The van der Waals surface area contributed by atoms with E-state index < -0.39 is 6.10 Å². The zero-order chi connectivity index (χ0) is 13.4. The number of rotatable bonds is 7. The van der Waals surface area contributed by atoms with Crippen molar-refractivity contribution in [3.63, 3.8) is 0 Å². The summed E-state index contributed by atoms with van der Waals surface area (Å²) in [5, 5.41) is 2.84. The van der Waals surface area contributed by atoms with Gasteiger partial charge in [-0.3, -0.25) is 4.79 Å². The van der Waals surface area contributed by atoms with E-state index in [4.69, 9.17) is 9.47 Å². The van der Waals surface area contributed by atoms with Gasteiger partial charge in [-0.15, -0.1) is 0 Å². The molecule has 1 amide bonds. The molecule has 1 N–H and O–H groups in total. The molecule has 0 saturated carbocycles. The Morgan fingerprint density at radius 1 is 1.33 bits per heavy atom. The first-order valence-corrected chi connectivity index (χ1v) is 6.26. The fraction of sp³-hybridized carbons (Fsp3) is 0.500. The van der Waals surface area contributed by atoms with Gasteiger partial charge in [0.1, 0.15) is 0 Å². The molecule has 0 aromatic heterocycles. The predicted octanol–water partition coefficient (Wildman–Crippen LogP) is 2.38. The molecule has 18 heavy (non-hydrogen) atoms. The molecule has 4 heteroatoms. The maximum Gasteiger partial charge on any atom is 0.260 e. The maximum absolute atomic E-state index is 11.7. The summed E-state index contributed by atoms with van der Waals surface area (Å²) in [5.74, 6) is 1.11. The minimum atomic E-state index is -0.529. The van der Waals surface area contributed by atoms with E-state index in [-0.39, 0.29) is 5.91 Å². The lowest BCUT2D eigenvalue weighted by Crippen LogP contribution is -2.36. The lowest BCUT2D eigenvalue weighted by molar-refractivity contribution is -0.127. The highest BCUT2D eigenvalue weighted by molar-refractivity contribution is 5.80. The number of nitrogens with one attached hydrogen (secondary N) is 1. The fourth-order valence-electron chi connectivity index (χ4n) is 1.49. The molecule has 1 rings (SSSR count). The summed E-state index contributed by atoms with van der Waals surface area (Å²) in [6.07, 6.45) is 1.51. The standard InChI is InChI=1S/C14H21NO3/c1-4-5-10-15-14(16)11(2)18-13-9-7-6-8-12(13)17-3/h6-9,11H,4-5,10H2,1-3H3,(H,15,16)/t11-/m0/s1. The number of methoxy groups -OCH3 is 1. The molecule has 0 unspecified atom stereocenters. The number of carbonyl (C=O) groups excluding carboxylic acids is 1. The second-order valence-corrected chi connectivity index (χ2v) is 4.06. The zero-order valence-electron chi connectivity index (χ0n) is 11.2. The molecule has 0 aliphatic rings. The molecule has 100 valence electrons. The number of hydrogen-bond donors (Lipinski definition) is 1. The van der Waals surface area contributed by atoms with Gasteiger partial charge in [0, 0.05) is 6.54 Å². The van der Waals surface area contributed by atoms with Gasteiger partial charge in [0.25, 0.3) is 5.91 Å². The Morgan fingerprint density at radius 3 is 2.61 bits per heavy atom. The van der Waals surface area contributed by atoms with Crippen LogP contribution in [0.4, 0.5) is 0 Å². The van der Waals surface area contributed by atoms with Crippen LogP contribution in [0.3, 0.4) is 0 Å². The van der Waals surface area contributed by atoms with Crippen molar-refractivity contribution in [3.8, 4) is 11.5 Å². The van der Waals surface area contributed by atoms with Crippen molar-refractivity contribution in [2.24, 2.45) is 0 Å². The average Bonchev–Trinajstić information content (AvgIpc) is 2.39. The molecule has 0 saturated heterocycles.